The Morgan fingerprint density at radius 3 is 3.00 bits per heavy atom. The monoisotopic (exact) mass is 149 g/mol. The zero-order chi connectivity index (χ0) is 7.68. The van der Waals surface area contributed by atoms with Crippen LogP contribution in [0.3, 0.4) is 0 Å². The quantitative estimate of drug-likeness (QED) is 0.578. The van der Waals surface area contributed by atoms with Gasteiger partial charge in [0.1, 0.15) is 6.07 Å². The van der Waals surface area contributed by atoms with Crippen molar-refractivity contribution in [3.63, 3.8) is 0 Å². The highest BCUT2D eigenvalue weighted by atomic mass is 16.5. The number of rotatable bonds is 1. The maximum Gasteiger partial charge on any atom is 0.102 e. The van der Waals surface area contributed by atoms with Gasteiger partial charge in [0.25, 0.3) is 0 Å². The van der Waals surface area contributed by atoms with Gasteiger partial charge in [0.15, 0.2) is 0 Å². The van der Waals surface area contributed by atoms with Crippen LogP contribution in [-0.4, -0.2) is 23.0 Å². The maximum absolute atomic E-state index is 8.49. The summed E-state index contributed by atoms with van der Waals surface area (Å²) in [7, 11) is 0. The van der Waals surface area contributed by atoms with E-state index in [0.717, 1.165) is 0 Å². The smallest absolute Gasteiger partial charge is 0.102 e. The normalized spacial score (nSPS) is 17.4. The number of ether oxygens (including phenoxy) is 1. The first-order valence-corrected chi connectivity index (χ1v) is 3.42. The van der Waals surface area contributed by atoms with Crippen molar-refractivity contribution >= 4 is 0 Å². The van der Waals surface area contributed by atoms with Crippen LogP contribution < -0.4 is 0 Å². The molecule has 1 saturated heterocycles. The van der Waals surface area contributed by atoms with E-state index in [9.17, 15) is 0 Å². The topological polar surface area (TPSA) is 50.8 Å². The molecular weight excluding hydrogens is 142 g/mol. The Morgan fingerprint density at radius 1 is 1.73 bits per heavy atom. The van der Waals surface area contributed by atoms with Crippen molar-refractivity contribution in [3.05, 3.63) is 18.0 Å². The zero-order valence-electron chi connectivity index (χ0n) is 5.90. The highest BCUT2D eigenvalue weighted by Gasteiger charge is 2.20. The van der Waals surface area contributed by atoms with Crippen molar-refractivity contribution in [1.82, 2.24) is 9.78 Å². The molecule has 1 aliphatic heterocycles. The first-order chi connectivity index (χ1) is 5.40. The summed E-state index contributed by atoms with van der Waals surface area (Å²) in [6.45, 7) is 1.43. The van der Waals surface area contributed by atoms with Crippen LogP contribution >= 0.6 is 0 Å². The molecule has 0 spiro atoms. The Hall–Kier alpha value is -1.34. The van der Waals surface area contributed by atoms with Crippen LogP contribution in [0.1, 0.15) is 11.6 Å². The Bertz CT molecular complexity index is 295. The van der Waals surface area contributed by atoms with E-state index >= 15 is 0 Å². The van der Waals surface area contributed by atoms with Crippen LogP contribution in [0.15, 0.2) is 12.4 Å². The average molecular weight is 149 g/mol. The van der Waals surface area contributed by atoms with Crippen molar-refractivity contribution < 1.29 is 4.74 Å². The van der Waals surface area contributed by atoms with Gasteiger partial charge in [-0.2, -0.15) is 10.4 Å². The second-order valence-electron chi connectivity index (χ2n) is 2.51. The van der Waals surface area contributed by atoms with Gasteiger partial charge in [0.2, 0.25) is 0 Å². The lowest BCUT2D eigenvalue weighted by molar-refractivity contribution is -0.0286. The summed E-state index contributed by atoms with van der Waals surface area (Å²) in [4.78, 5) is 0. The second-order valence-corrected chi connectivity index (χ2v) is 2.51. The molecule has 0 atom stereocenters. The Labute approximate surface area is 64.0 Å². The SMILES string of the molecule is N#Cc1cnn(C2COC2)c1. The van der Waals surface area contributed by atoms with E-state index in [0.29, 0.717) is 24.8 Å². The van der Waals surface area contributed by atoms with E-state index in [-0.39, 0.29) is 0 Å². The Kier molecular flexibility index (Phi) is 1.37. The predicted octanol–water partition coefficient (Wildman–Crippen LogP) is 0.326. The van der Waals surface area contributed by atoms with Crippen molar-refractivity contribution in [2.75, 3.05) is 13.2 Å². The molecular formula is C7H7N3O. The summed E-state index contributed by atoms with van der Waals surface area (Å²) in [5.74, 6) is 0. The molecule has 0 N–H and O–H groups in total. The Balaban J connectivity index is 2.19. The van der Waals surface area contributed by atoms with Crippen LogP contribution in [0.4, 0.5) is 0 Å². The highest BCUT2D eigenvalue weighted by Crippen LogP contribution is 2.15. The van der Waals surface area contributed by atoms with Crippen LogP contribution in [-0.2, 0) is 4.74 Å². The van der Waals surface area contributed by atoms with Crippen molar-refractivity contribution in [2.45, 2.75) is 6.04 Å². The molecule has 0 bridgehead atoms. The van der Waals surface area contributed by atoms with Crippen LogP contribution in [0.2, 0.25) is 0 Å². The fourth-order valence-corrected chi connectivity index (χ4v) is 0.971. The summed E-state index contributed by atoms with van der Waals surface area (Å²) in [6.07, 6.45) is 3.31. The molecule has 2 rings (SSSR count). The summed E-state index contributed by atoms with van der Waals surface area (Å²) >= 11 is 0. The molecule has 0 amide bonds. The second kappa shape index (κ2) is 2.36. The molecule has 0 unspecified atom stereocenters. The van der Waals surface area contributed by atoms with Crippen molar-refractivity contribution in [2.24, 2.45) is 0 Å². The van der Waals surface area contributed by atoms with Gasteiger partial charge in [-0.3, -0.25) is 4.68 Å². The van der Waals surface area contributed by atoms with E-state index < -0.39 is 0 Å². The van der Waals surface area contributed by atoms with E-state index in [1.54, 1.807) is 17.1 Å². The third-order valence-corrected chi connectivity index (χ3v) is 1.73. The molecule has 0 aliphatic carbocycles. The molecule has 0 saturated carbocycles. The van der Waals surface area contributed by atoms with E-state index in [1.807, 2.05) is 6.07 Å². The fraction of sp³-hybridized carbons (Fsp3) is 0.429. The first-order valence-electron chi connectivity index (χ1n) is 3.42. The van der Waals surface area contributed by atoms with E-state index in [1.165, 1.54) is 0 Å². The lowest BCUT2D eigenvalue weighted by atomic mass is 10.3. The van der Waals surface area contributed by atoms with Gasteiger partial charge < -0.3 is 4.74 Å². The summed E-state index contributed by atoms with van der Waals surface area (Å²) in [5.41, 5.74) is 0.608. The molecule has 1 aliphatic rings. The number of nitriles is 1. The summed E-state index contributed by atoms with van der Waals surface area (Å²) in [6, 6.07) is 2.37. The lowest BCUT2D eigenvalue weighted by Crippen LogP contribution is -2.30. The van der Waals surface area contributed by atoms with Gasteiger partial charge in [-0.15, -0.1) is 0 Å². The first kappa shape index (κ1) is 6.38. The minimum Gasteiger partial charge on any atom is -0.377 e. The number of hydrogen-bond donors (Lipinski definition) is 0. The van der Waals surface area contributed by atoms with E-state index in [4.69, 9.17) is 10.00 Å². The molecule has 56 valence electrons. The predicted molar refractivity (Wildman–Crippen MR) is 36.8 cm³/mol. The van der Waals surface area contributed by atoms with Crippen molar-refractivity contribution in [3.8, 4) is 6.07 Å². The lowest BCUT2D eigenvalue weighted by Gasteiger charge is -2.25. The summed E-state index contributed by atoms with van der Waals surface area (Å²) < 4.78 is 6.77. The minimum absolute atomic E-state index is 0.345. The van der Waals surface area contributed by atoms with Gasteiger partial charge in [-0.05, 0) is 0 Å². The van der Waals surface area contributed by atoms with Gasteiger partial charge in [0, 0.05) is 6.20 Å². The van der Waals surface area contributed by atoms with Gasteiger partial charge in [-0.1, -0.05) is 0 Å². The molecule has 11 heavy (non-hydrogen) atoms. The summed E-state index contributed by atoms with van der Waals surface area (Å²) in [5, 5.41) is 12.5. The number of nitrogens with zero attached hydrogens (tertiary/aromatic N) is 3. The van der Waals surface area contributed by atoms with Crippen LogP contribution in [0, 0.1) is 11.3 Å². The van der Waals surface area contributed by atoms with Gasteiger partial charge in [-0.25, -0.2) is 0 Å². The molecule has 2 heterocycles. The standard InChI is InChI=1S/C7H7N3O/c8-1-6-2-9-10(3-6)7-4-11-5-7/h2-3,7H,4-5H2. The molecule has 1 fully saturated rings. The number of aromatic nitrogens is 2. The largest absolute Gasteiger partial charge is 0.377 e. The molecule has 4 nitrogen and oxygen atoms in total. The minimum atomic E-state index is 0.345. The van der Waals surface area contributed by atoms with Crippen LogP contribution in [0.5, 0.6) is 0 Å². The molecule has 1 aromatic rings. The number of hydrogen-bond acceptors (Lipinski definition) is 3. The fourth-order valence-electron chi connectivity index (χ4n) is 0.971. The highest BCUT2D eigenvalue weighted by molar-refractivity contribution is 5.21. The van der Waals surface area contributed by atoms with Gasteiger partial charge >= 0.3 is 0 Å². The molecule has 1 aromatic heterocycles. The van der Waals surface area contributed by atoms with Crippen LogP contribution in [0.25, 0.3) is 0 Å². The zero-order valence-corrected chi connectivity index (χ0v) is 5.90. The third-order valence-electron chi connectivity index (χ3n) is 1.73. The molecule has 4 heteroatoms. The molecule has 0 radical (unpaired) electrons. The van der Waals surface area contributed by atoms with Gasteiger partial charge in [0.05, 0.1) is 31.0 Å². The average Bonchev–Trinajstić information content (AvgIpc) is 2.32. The van der Waals surface area contributed by atoms with E-state index in [2.05, 4.69) is 5.10 Å². The maximum atomic E-state index is 8.49. The molecule has 0 aromatic carbocycles. The Morgan fingerprint density at radius 2 is 2.55 bits per heavy atom. The third kappa shape index (κ3) is 0.994. The van der Waals surface area contributed by atoms with Crippen molar-refractivity contribution in [1.29, 1.82) is 5.26 Å².